The summed E-state index contributed by atoms with van der Waals surface area (Å²) in [5.74, 6) is 0.139. The van der Waals surface area contributed by atoms with E-state index in [0.717, 1.165) is 0 Å². The predicted molar refractivity (Wildman–Crippen MR) is 60.1 cm³/mol. The molecule has 6 heteroatoms. The highest BCUT2D eigenvalue weighted by atomic mass is 32.2. The van der Waals surface area contributed by atoms with Gasteiger partial charge in [-0.05, 0) is 5.41 Å². The van der Waals surface area contributed by atoms with Crippen LogP contribution in [-0.2, 0) is 16.4 Å². The van der Waals surface area contributed by atoms with E-state index in [1.165, 1.54) is 6.26 Å². The van der Waals surface area contributed by atoms with Crippen LogP contribution in [0.3, 0.4) is 0 Å². The number of nitrogens with zero attached hydrogens (tertiary/aromatic N) is 2. The number of anilines is 1. The average molecular weight is 231 g/mol. The zero-order chi connectivity index (χ0) is 11.7. The highest BCUT2D eigenvalue weighted by molar-refractivity contribution is 7.90. The summed E-state index contributed by atoms with van der Waals surface area (Å²) in [5.41, 5.74) is 5.77. The van der Waals surface area contributed by atoms with Crippen molar-refractivity contribution in [1.29, 1.82) is 0 Å². The molecule has 1 aromatic heterocycles. The van der Waals surface area contributed by atoms with Crippen LogP contribution in [0.15, 0.2) is 12.4 Å². The van der Waals surface area contributed by atoms with E-state index in [-0.39, 0.29) is 11.2 Å². The molecule has 5 nitrogen and oxygen atoms in total. The maximum Gasteiger partial charge on any atom is 0.148 e. The van der Waals surface area contributed by atoms with Crippen LogP contribution in [0.4, 0.5) is 5.69 Å². The van der Waals surface area contributed by atoms with Crippen LogP contribution in [0, 0.1) is 5.41 Å². The summed E-state index contributed by atoms with van der Waals surface area (Å²) in [6.45, 7) is 4.33. The third kappa shape index (κ3) is 4.33. The molecular weight excluding hydrogens is 214 g/mol. The Hall–Kier alpha value is -1.04. The van der Waals surface area contributed by atoms with E-state index >= 15 is 0 Å². The van der Waals surface area contributed by atoms with Crippen LogP contribution in [0.25, 0.3) is 0 Å². The van der Waals surface area contributed by atoms with Gasteiger partial charge in [-0.25, -0.2) is 8.42 Å². The van der Waals surface area contributed by atoms with Crippen molar-refractivity contribution >= 4 is 15.5 Å². The first-order valence-corrected chi connectivity index (χ1v) is 6.70. The van der Waals surface area contributed by atoms with Crippen LogP contribution in [0.5, 0.6) is 0 Å². The second-order valence-corrected chi connectivity index (χ2v) is 6.85. The highest BCUT2D eigenvalue weighted by Gasteiger charge is 2.24. The van der Waals surface area contributed by atoms with Gasteiger partial charge in [0.1, 0.15) is 9.84 Å². The lowest BCUT2D eigenvalue weighted by Crippen LogP contribution is -2.28. The van der Waals surface area contributed by atoms with Crippen molar-refractivity contribution in [2.24, 2.45) is 5.41 Å². The smallest absolute Gasteiger partial charge is 0.148 e. The van der Waals surface area contributed by atoms with Crippen LogP contribution in [0.1, 0.15) is 13.8 Å². The van der Waals surface area contributed by atoms with Gasteiger partial charge in [-0.1, -0.05) is 13.8 Å². The molecule has 0 bridgehead atoms. The van der Waals surface area contributed by atoms with Gasteiger partial charge in [0.25, 0.3) is 0 Å². The lowest BCUT2D eigenvalue weighted by Gasteiger charge is -2.23. The molecule has 0 spiro atoms. The lowest BCUT2D eigenvalue weighted by atomic mass is 9.97. The first-order chi connectivity index (χ1) is 6.68. The van der Waals surface area contributed by atoms with Crippen molar-refractivity contribution in [2.45, 2.75) is 20.4 Å². The minimum absolute atomic E-state index is 0.139. The Morgan fingerprint density at radius 3 is 2.53 bits per heavy atom. The normalized spacial score (nSPS) is 13.0. The van der Waals surface area contributed by atoms with Crippen molar-refractivity contribution in [3.8, 4) is 0 Å². The van der Waals surface area contributed by atoms with Crippen molar-refractivity contribution in [1.82, 2.24) is 9.78 Å². The summed E-state index contributed by atoms with van der Waals surface area (Å²) in [7, 11) is -2.97. The Bertz CT molecular complexity index is 434. The zero-order valence-corrected chi connectivity index (χ0v) is 10.1. The first kappa shape index (κ1) is 12.0. The highest BCUT2D eigenvalue weighted by Crippen LogP contribution is 2.20. The van der Waals surface area contributed by atoms with E-state index in [1.54, 1.807) is 17.1 Å². The molecule has 0 aliphatic rings. The van der Waals surface area contributed by atoms with Gasteiger partial charge in [0, 0.05) is 19.0 Å². The number of hydrogen-bond acceptors (Lipinski definition) is 4. The molecule has 2 N–H and O–H groups in total. The zero-order valence-electron chi connectivity index (χ0n) is 9.27. The third-order valence-electron chi connectivity index (χ3n) is 1.90. The van der Waals surface area contributed by atoms with E-state index in [1.807, 2.05) is 13.8 Å². The predicted octanol–water partition coefficient (Wildman–Crippen LogP) is 0.536. The molecule has 0 unspecified atom stereocenters. The van der Waals surface area contributed by atoms with Gasteiger partial charge in [-0.2, -0.15) is 5.10 Å². The minimum atomic E-state index is -2.97. The average Bonchev–Trinajstić information content (AvgIpc) is 2.27. The summed E-state index contributed by atoms with van der Waals surface area (Å²) < 4.78 is 24.0. The molecular formula is C9H17N3O2S. The van der Waals surface area contributed by atoms with Crippen LogP contribution < -0.4 is 5.73 Å². The second-order valence-electron chi connectivity index (χ2n) is 4.71. The Labute approximate surface area is 90.2 Å². The maximum absolute atomic E-state index is 11.2. The molecule has 0 radical (unpaired) electrons. The molecule has 0 aliphatic carbocycles. The number of aromatic nitrogens is 2. The van der Waals surface area contributed by atoms with Gasteiger partial charge < -0.3 is 5.73 Å². The van der Waals surface area contributed by atoms with Gasteiger partial charge in [0.15, 0.2) is 0 Å². The van der Waals surface area contributed by atoms with Crippen molar-refractivity contribution in [2.75, 3.05) is 17.7 Å². The number of nitrogens with two attached hydrogens (primary N) is 1. The SMILES string of the molecule is CC(C)(Cn1cc(N)cn1)CS(C)(=O)=O. The van der Waals surface area contributed by atoms with Crippen molar-refractivity contribution in [3.05, 3.63) is 12.4 Å². The quantitative estimate of drug-likeness (QED) is 0.820. The van der Waals surface area contributed by atoms with Gasteiger partial charge in [-0.3, -0.25) is 4.68 Å². The molecule has 1 heterocycles. The number of rotatable bonds is 4. The van der Waals surface area contributed by atoms with Gasteiger partial charge in [0.2, 0.25) is 0 Å². The Kier molecular flexibility index (Phi) is 3.08. The fourth-order valence-corrected chi connectivity index (χ4v) is 3.17. The molecule has 0 aromatic carbocycles. The molecule has 0 saturated carbocycles. The van der Waals surface area contributed by atoms with Crippen molar-refractivity contribution < 1.29 is 8.42 Å². The molecule has 86 valence electrons. The minimum Gasteiger partial charge on any atom is -0.396 e. The summed E-state index contributed by atoms with van der Waals surface area (Å²) >= 11 is 0. The van der Waals surface area contributed by atoms with Crippen LogP contribution in [0.2, 0.25) is 0 Å². The molecule has 15 heavy (non-hydrogen) atoms. The van der Waals surface area contributed by atoms with Crippen LogP contribution >= 0.6 is 0 Å². The fraction of sp³-hybridized carbons (Fsp3) is 0.667. The number of sulfone groups is 1. The number of nitrogen functional groups attached to an aromatic ring is 1. The molecule has 1 rings (SSSR count). The summed E-state index contributed by atoms with van der Waals surface area (Å²) in [6.07, 6.45) is 4.49. The third-order valence-corrected chi connectivity index (χ3v) is 3.20. The van der Waals surface area contributed by atoms with Crippen LogP contribution in [-0.4, -0.2) is 30.2 Å². The second kappa shape index (κ2) is 3.84. The van der Waals surface area contributed by atoms with Gasteiger partial charge in [0.05, 0.1) is 17.6 Å². The maximum atomic E-state index is 11.2. The van der Waals surface area contributed by atoms with E-state index in [0.29, 0.717) is 12.2 Å². The Morgan fingerprint density at radius 2 is 2.13 bits per heavy atom. The standard InChI is InChI=1S/C9H17N3O2S/c1-9(2,7-15(3,13)14)6-12-5-8(10)4-11-12/h4-5H,6-7,10H2,1-3H3. The summed E-state index contributed by atoms with van der Waals surface area (Å²) in [5, 5.41) is 4.03. The Morgan fingerprint density at radius 1 is 1.53 bits per heavy atom. The summed E-state index contributed by atoms with van der Waals surface area (Å²) in [6, 6.07) is 0. The topological polar surface area (TPSA) is 78.0 Å². The van der Waals surface area contributed by atoms with Crippen molar-refractivity contribution in [3.63, 3.8) is 0 Å². The molecule has 0 fully saturated rings. The molecule has 0 atom stereocenters. The monoisotopic (exact) mass is 231 g/mol. The molecule has 1 aromatic rings. The van der Waals surface area contributed by atoms with E-state index < -0.39 is 9.84 Å². The van der Waals surface area contributed by atoms with E-state index in [9.17, 15) is 8.42 Å². The number of hydrogen-bond donors (Lipinski definition) is 1. The van der Waals surface area contributed by atoms with Gasteiger partial charge in [-0.15, -0.1) is 0 Å². The lowest BCUT2D eigenvalue weighted by molar-refractivity contribution is 0.327. The molecule has 0 amide bonds. The molecule has 0 saturated heterocycles. The molecule has 0 aliphatic heterocycles. The first-order valence-electron chi connectivity index (χ1n) is 4.64. The Balaban J connectivity index is 2.72. The summed E-state index contributed by atoms with van der Waals surface area (Å²) in [4.78, 5) is 0. The largest absolute Gasteiger partial charge is 0.396 e. The van der Waals surface area contributed by atoms with E-state index in [4.69, 9.17) is 5.73 Å². The fourth-order valence-electron chi connectivity index (χ4n) is 1.66. The van der Waals surface area contributed by atoms with Gasteiger partial charge >= 0.3 is 0 Å². The van der Waals surface area contributed by atoms with E-state index in [2.05, 4.69) is 5.10 Å².